The van der Waals surface area contributed by atoms with E-state index in [-0.39, 0.29) is 36.6 Å². The highest BCUT2D eigenvalue weighted by Gasteiger charge is 2.29. The van der Waals surface area contributed by atoms with Crippen molar-refractivity contribution in [2.75, 3.05) is 24.7 Å². The number of nitrogens with zero attached hydrogens (tertiary/aromatic N) is 3. The van der Waals surface area contributed by atoms with E-state index in [9.17, 15) is 13.2 Å². The molecule has 1 amide bonds. The molecule has 4 rings (SSSR count). The molecule has 11 heteroatoms. The summed E-state index contributed by atoms with van der Waals surface area (Å²) in [6.45, 7) is 2.66. The van der Waals surface area contributed by atoms with E-state index >= 15 is 0 Å². The number of benzene rings is 1. The molecular weight excluding hydrogens is 400 g/mol. The fraction of sp³-hybridized carbons (Fsp3) is 0.500. The van der Waals surface area contributed by atoms with Crippen molar-refractivity contribution in [3.05, 3.63) is 29.9 Å². The number of fused-ring (bicyclic) bond motifs is 1. The summed E-state index contributed by atoms with van der Waals surface area (Å²) >= 11 is 0. The van der Waals surface area contributed by atoms with Gasteiger partial charge in [0.2, 0.25) is 15.9 Å². The molecule has 0 saturated carbocycles. The standard InChI is InChI=1S/C18H22N4O6S/c1-2-17-20-16(21-28-17)10-22-14-8-13(5-6-15(14)27-11-18(22)23)29(24,25)19-9-12-4-3-7-26-12/h5-6,8,12,19H,2-4,7,9-11H2,1H3. The number of amides is 1. The molecule has 2 aliphatic heterocycles. The average molecular weight is 422 g/mol. The monoisotopic (exact) mass is 422 g/mol. The minimum atomic E-state index is -3.77. The summed E-state index contributed by atoms with van der Waals surface area (Å²) in [6.07, 6.45) is 2.22. The molecule has 1 unspecified atom stereocenters. The zero-order valence-corrected chi connectivity index (χ0v) is 16.8. The zero-order chi connectivity index (χ0) is 20.4. The molecule has 0 spiro atoms. The number of ether oxygens (including phenoxy) is 2. The molecule has 0 radical (unpaired) electrons. The Morgan fingerprint density at radius 3 is 2.93 bits per heavy atom. The third-order valence-corrected chi connectivity index (χ3v) is 6.24. The van der Waals surface area contributed by atoms with Crippen LogP contribution in [0, 0.1) is 0 Å². The van der Waals surface area contributed by atoms with Gasteiger partial charge in [-0.3, -0.25) is 9.69 Å². The van der Waals surface area contributed by atoms with Crippen LogP contribution in [0.15, 0.2) is 27.6 Å². The van der Waals surface area contributed by atoms with Crippen LogP contribution in [-0.2, 0) is 32.5 Å². The van der Waals surface area contributed by atoms with Crippen LogP contribution in [-0.4, -0.2) is 50.3 Å². The van der Waals surface area contributed by atoms with Gasteiger partial charge in [0.1, 0.15) is 5.75 Å². The van der Waals surface area contributed by atoms with Gasteiger partial charge in [-0.25, -0.2) is 13.1 Å². The van der Waals surface area contributed by atoms with Crippen molar-refractivity contribution in [3.8, 4) is 5.75 Å². The van der Waals surface area contributed by atoms with E-state index in [0.717, 1.165) is 12.8 Å². The van der Waals surface area contributed by atoms with Gasteiger partial charge in [-0.15, -0.1) is 0 Å². The molecule has 2 aromatic rings. The molecule has 0 bridgehead atoms. The van der Waals surface area contributed by atoms with Gasteiger partial charge in [-0.2, -0.15) is 4.98 Å². The third-order valence-electron chi connectivity index (χ3n) is 4.82. The maximum Gasteiger partial charge on any atom is 0.265 e. The van der Waals surface area contributed by atoms with Crippen molar-refractivity contribution in [3.63, 3.8) is 0 Å². The lowest BCUT2D eigenvalue weighted by atomic mass is 10.2. The highest BCUT2D eigenvalue weighted by Crippen LogP contribution is 2.35. The number of rotatable bonds is 7. The summed E-state index contributed by atoms with van der Waals surface area (Å²) in [5.74, 6) is 0.910. The van der Waals surface area contributed by atoms with Crippen LogP contribution < -0.4 is 14.4 Å². The van der Waals surface area contributed by atoms with Gasteiger partial charge < -0.3 is 14.0 Å². The molecule has 1 aromatic heterocycles. The number of anilines is 1. The second kappa shape index (κ2) is 8.09. The summed E-state index contributed by atoms with van der Waals surface area (Å²) in [5, 5.41) is 3.87. The van der Waals surface area contributed by atoms with Crippen LogP contribution in [0.3, 0.4) is 0 Å². The second-order valence-corrected chi connectivity index (χ2v) is 8.61. The van der Waals surface area contributed by atoms with E-state index in [1.807, 2.05) is 6.92 Å². The number of hydrogen-bond acceptors (Lipinski definition) is 8. The van der Waals surface area contributed by atoms with E-state index in [4.69, 9.17) is 14.0 Å². The summed E-state index contributed by atoms with van der Waals surface area (Å²) in [7, 11) is -3.77. The first-order chi connectivity index (χ1) is 14.0. The molecule has 1 aromatic carbocycles. The maximum atomic E-state index is 12.7. The van der Waals surface area contributed by atoms with Crippen LogP contribution in [0.1, 0.15) is 31.5 Å². The second-order valence-electron chi connectivity index (χ2n) is 6.84. The summed E-state index contributed by atoms with van der Waals surface area (Å²) in [5.41, 5.74) is 0.351. The average Bonchev–Trinajstić information content (AvgIpc) is 3.40. The minimum absolute atomic E-state index is 0.0416. The van der Waals surface area contributed by atoms with Crippen molar-refractivity contribution in [1.29, 1.82) is 0 Å². The lowest BCUT2D eigenvalue weighted by Gasteiger charge is -2.28. The van der Waals surface area contributed by atoms with Crippen LogP contribution >= 0.6 is 0 Å². The van der Waals surface area contributed by atoms with Gasteiger partial charge in [0.05, 0.1) is 23.2 Å². The van der Waals surface area contributed by atoms with Gasteiger partial charge in [0.15, 0.2) is 12.4 Å². The molecule has 1 fully saturated rings. The van der Waals surface area contributed by atoms with E-state index in [1.165, 1.54) is 17.0 Å². The first-order valence-electron chi connectivity index (χ1n) is 9.46. The number of carbonyl (C=O) groups excluding carboxylic acids is 1. The Morgan fingerprint density at radius 2 is 2.21 bits per heavy atom. The Morgan fingerprint density at radius 1 is 1.34 bits per heavy atom. The van der Waals surface area contributed by atoms with Crippen LogP contribution in [0.2, 0.25) is 0 Å². The third kappa shape index (κ3) is 4.26. The SMILES string of the molecule is CCc1nc(CN2C(=O)COc3ccc(S(=O)(=O)NCC4CCCO4)cc32)no1. The summed E-state index contributed by atoms with van der Waals surface area (Å²) in [4.78, 5) is 18.1. The normalized spacial score (nSPS) is 19.3. The van der Waals surface area contributed by atoms with E-state index < -0.39 is 10.0 Å². The molecule has 29 heavy (non-hydrogen) atoms. The van der Waals surface area contributed by atoms with Gasteiger partial charge in [0, 0.05) is 19.6 Å². The number of sulfonamides is 1. The first-order valence-corrected chi connectivity index (χ1v) is 10.9. The number of aromatic nitrogens is 2. The first kappa shape index (κ1) is 19.8. The lowest BCUT2D eigenvalue weighted by molar-refractivity contribution is -0.121. The molecule has 2 aliphatic rings. The highest BCUT2D eigenvalue weighted by molar-refractivity contribution is 7.89. The topological polar surface area (TPSA) is 124 Å². The Kier molecular flexibility index (Phi) is 5.52. The van der Waals surface area contributed by atoms with Crippen LogP contribution in [0.5, 0.6) is 5.75 Å². The fourth-order valence-corrected chi connectivity index (χ4v) is 4.34. The number of aryl methyl sites for hydroxylation is 1. The fourth-order valence-electron chi connectivity index (χ4n) is 3.25. The van der Waals surface area contributed by atoms with Crippen molar-refractivity contribution < 1.29 is 27.2 Å². The van der Waals surface area contributed by atoms with E-state index in [1.54, 1.807) is 6.07 Å². The minimum Gasteiger partial charge on any atom is -0.482 e. The van der Waals surface area contributed by atoms with Crippen molar-refractivity contribution in [2.24, 2.45) is 0 Å². The van der Waals surface area contributed by atoms with Crippen molar-refractivity contribution in [1.82, 2.24) is 14.9 Å². The Labute approximate surface area is 168 Å². The largest absolute Gasteiger partial charge is 0.482 e. The predicted molar refractivity (Wildman–Crippen MR) is 101 cm³/mol. The van der Waals surface area contributed by atoms with E-state index in [2.05, 4.69) is 14.9 Å². The van der Waals surface area contributed by atoms with Crippen LogP contribution in [0.4, 0.5) is 5.69 Å². The quantitative estimate of drug-likeness (QED) is 0.701. The van der Waals surface area contributed by atoms with Gasteiger partial charge in [0.25, 0.3) is 5.91 Å². The lowest BCUT2D eigenvalue weighted by Crippen LogP contribution is -2.39. The van der Waals surface area contributed by atoms with Crippen molar-refractivity contribution in [2.45, 2.75) is 43.7 Å². The van der Waals surface area contributed by atoms with Gasteiger partial charge >= 0.3 is 0 Å². The number of nitrogens with one attached hydrogen (secondary N) is 1. The maximum absolute atomic E-state index is 12.7. The Bertz CT molecular complexity index is 1000. The molecule has 3 heterocycles. The summed E-state index contributed by atoms with van der Waals surface area (Å²) in [6, 6.07) is 4.42. The molecular formula is C18H22N4O6S. The molecule has 0 aliphatic carbocycles. The van der Waals surface area contributed by atoms with Crippen LogP contribution in [0.25, 0.3) is 0 Å². The highest BCUT2D eigenvalue weighted by atomic mass is 32.2. The molecule has 10 nitrogen and oxygen atoms in total. The summed E-state index contributed by atoms with van der Waals surface area (Å²) < 4.78 is 44.0. The van der Waals surface area contributed by atoms with E-state index in [0.29, 0.717) is 36.2 Å². The van der Waals surface area contributed by atoms with Crippen molar-refractivity contribution >= 4 is 21.6 Å². The Balaban J connectivity index is 1.57. The predicted octanol–water partition coefficient (Wildman–Crippen LogP) is 1.01. The molecule has 156 valence electrons. The Hall–Kier alpha value is -2.50. The molecule has 1 saturated heterocycles. The number of hydrogen-bond donors (Lipinski definition) is 1. The molecule has 1 N–H and O–H groups in total. The molecule has 1 atom stereocenters. The smallest absolute Gasteiger partial charge is 0.265 e. The number of carbonyl (C=O) groups is 1. The van der Waals surface area contributed by atoms with Gasteiger partial charge in [-0.1, -0.05) is 12.1 Å². The zero-order valence-electron chi connectivity index (χ0n) is 16.0. The van der Waals surface area contributed by atoms with Gasteiger partial charge in [-0.05, 0) is 31.0 Å².